The zero-order chi connectivity index (χ0) is 18.4. The normalized spacial score (nSPS) is 14.8. The Morgan fingerprint density at radius 2 is 1.88 bits per heavy atom. The van der Waals surface area contributed by atoms with Crippen molar-refractivity contribution in [2.75, 3.05) is 11.4 Å². The van der Waals surface area contributed by atoms with Gasteiger partial charge in [-0.3, -0.25) is 4.79 Å². The number of carbonyl (C=O) groups excluding carboxylic acids is 1. The van der Waals surface area contributed by atoms with E-state index in [4.69, 9.17) is 0 Å². The fourth-order valence-electron chi connectivity index (χ4n) is 3.44. The van der Waals surface area contributed by atoms with E-state index in [2.05, 4.69) is 39.2 Å². The van der Waals surface area contributed by atoms with Crippen LogP contribution in [-0.2, 0) is 6.54 Å². The van der Waals surface area contributed by atoms with Crippen molar-refractivity contribution in [3.8, 4) is 0 Å². The molecule has 2 aromatic rings. The standard InChI is InChI=1S/C21H28N4O/c1-3-25(15-17-10-6-4-7-11-17)21-22-16(2)14-19(24-21)20(26)23-18-12-8-5-9-13-18/h4,6-7,10-11,14,18H,3,5,8-9,12-13,15H2,1-2H3,(H,23,26). The summed E-state index contributed by atoms with van der Waals surface area (Å²) in [5.74, 6) is 0.532. The Labute approximate surface area is 155 Å². The largest absolute Gasteiger partial charge is 0.348 e. The van der Waals surface area contributed by atoms with Crippen LogP contribution in [0.5, 0.6) is 0 Å². The predicted octanol–water partition coefficient (Wildman–Crippen LogP) is 3.87. The molecule has 1 aliphatic carbocycles. The molecule has 138 valence electrons. The molecule has 0 bridgehead atoms. The third kappa shape index (κ3) is 4.81. The first kappa shape index (κ1) is 18.4. The smallest absolute Gasteiger partial charge is 0.270 e. The Morgan fingerprint density at radius 3 is 2.58 bits per heavy atom. The Balaban J connectivity index is 1.76. The molecule has 0 saturated heterocycles. The predicted molar refractivity (Wildman–Crippen MR) is 104 cm³/mol. The van der Waals surface area contributed by atoms with Gasteiger partial charge in [-0.05, 0) is 38.3 Å². The molecular formula is C21H28N4O. The van der Waals surface area contributed by atoms with Gasteiger partial charge in [0.25, 0.3) is 5.91 Å². The van der Waals surface area contributed by atoms with E-state index in [0.29, 0.717) is 11.6 Å². The summed E-state index contributed by atoms with van der Waals surface area (Å²) < 4.78 is 0. The van der Waals surface area contributed by atoms with Gasteiger partial charge >= 0.3 is 0 Å². The molecule has 1 heterocycles. The minimum Gasteiger partial charge on any atom is -0.348 e. The van der Waals surface area contributed by atoms with Crippen LogP contribution in [0.3, 0.4) is 0 Å². The zero-order valence-corrected chi connectivity index (χ0v) is 15.7. The lowest BCUT2D eigenvalue weighted by Gasteiger charge is -2.24. The number of benzene rings is 1. The number of hydrogen-bond acceptors (Lipinski definition) is 4. The lowest BCUT2D eigenvalue weighted by atomic mass is 9.95. The molecule has 3 rings (SSSR count). The molecule has 1 saturated carbocycles. The Morgan fingerprint density at radius 1 is 1.15 bits per heavy atom. The van der Waals surface area contributed by atoms with Gasteiger partial charge in [0.15, 0.2) is 0 Å². The second-order valence-corrected chi connectivity index (χ2v) is 7.00. The fraction of sp³-hybridized carbons (Fsp3) is 0.476. The van der Waals surface area contributed by atoms with Gasteiger partial charge in [0.2, 0.25) is 5.95 Å². The molecular weight excluding hydrogens is 324 g/mol. The van der Waals surface area contributed by atoms with E-state index in [1.807, 2.05) is 25.1 Å². The average molecular weight is 352 g/mol. The first-order valence-corrected chi connectivity index (χ1v) is 9.61. The highest BCUT2D eigenvalue weighted by molar-refractivity contribution is 5.92. The summed E-state index contributed by atoms with van der Waals surface area (Å²) in [6, 6.07) is 12.3. The van der Waals surface area contributed by atoms with Gasteiger partial charge in [0.05, 0.1) is 0 Å². The minimum atomic E-state index is -0.0839. The quantitative estimate of drug-likeness (QED) is 0.857. The van der Waals surface area contributed by atoms with Gasteiger partial charge in [0.1, 0.15) is 5.69 Å². The SMILES string of the molecule is CCN(Cc1ccccc1)c1nc(C)cc(C(=O)NC2CCCCC2)n1. The van der Waals surface area contributed by atoms with E-state index in [0.717, 1.165) is 31.6 Å². The van der Waals surface area contributed by atoms with Crippen LogP contribution in [0.2, 0.25) is 0 Å². The van der Waals surface area contributed by atoms with Crippen LogP contribution in [0.4, 0.5) is 5.95 Å². The van der Waals surface area contributed by atoms with Crippen molar-refractivity contribution in [3.05, 3.63) is 53.3 Å². The maximum atomic E-state index is 12.7. The van der Waals surface area contributed by atoms with Crippen molar-refractivity contribution < 1.29 is 4.79 Å². The Hall–Kier alpha value is -2.43. The van der Waals surface area contributed by atoms with E-state index >= 15 is 0 Å². The molecule has 1 amide bonds. The lowest BCUT2D eigenvalue weighted by molar-refractivity contribution is 0.0922. The molecule has 5 heteroatoms. The molecule has 1 aliphatic rings. The van der Waals surface area contributed by atoms with Crippen molar-refractivity contribution in [3.63, 3.8) is 0 Å². The van der Waals surface area contributed by atoms with E-state index < -0.39 is 0 Å². The topological polar surface area (TPSA) is 58.1 Å². The summed E-state index contributed by atoms with van der Waals surface area (Å²) in [5, 5.41) is 3.15. The van der Waals surface area contributed by atoms with Gasteiger partial charge in [0, 0.05) is 24.8 Å². The van der Waals surface area contributed by atoms with Crippen molar-refractivity contribution in [2.24, 2.45) is 0 Å². The lowest BCUT2D eigenvalue weighted by Crippen LogP contribution is -2.37. The zero-order valence-electron chi connectivity index (χ0n) is 15.7. The fourth-order valence-corrected chi connectivity index (χ4v) is 3.44. The van der Waals surface area contributed by atoms with Crippen molar-refractivity contribution in [2.45, 2.75) is 58.5 Å². The highest BCUT2D eigenvalue weighted by Gasteiger charge is 2.19. The molecule has 1 N–H and O–H groups in total. The maximum Gasteiger partial charge on any atom is 0.270 e. The summed E-state index contributed by atoms with van der Waals surface area (Å²) in [6.45, 7) is 5.50. The molecule has 0 unspecified atom stereocenters. The first-order chi connectivity index (χ1) is 12.7. The van der Waals surface area contributed by atoms with E-state index in [-0.39, 0.29) is 11.9 Å². The van der Waals surface area contributed by atoms with E-state index in [9.17, 15) is 4.79 Å². The first-order valence-electron chi connectivity index (χ1n) is 9.61. The molecule has 1 aromatic carbocycles. The molecule has 0 radical (unpaired) electrons. The average Bonchev–Trinajstić information content (AvgIpc) is 2.67. The third-order valence-electron chi connectivity index (χ3n) is 4.90. The number of rotatable bonds is 6. The second kappa shape index (κ2) is 8.79. The van der Waals surface area contributed by atoms with Gasteiger partial charge in [-0.15, -0.1) is 0 Å². The number of aryl methyl sites for hydroxylation is 1. The number of anilines is 1. The monoisotopic (exact) mass is 352 g/mol. The van der Waals surface area contributed by atoms with Crippen molar-refractivity contribution in [1.82, 2.24) is 15.3 Å². The van der Waals surface area contributed by atoms with Crippen LogP contribution in [0.15, 0.2) is 36.4 Å². The number of nitrogens with one attached hydrogen (secondary N) is 1. The van der Waals surface area contributed by atoms with Gasteiger partial charge < -0.3 is 10.2 Å². The van der Waals surface area contributed by atoms with Crippen molar-refractivity contribution in [1.29, 1.82) is 0 Å². The van der Waals surface area contributed by atoms with E-state index in [1.54, 1.807) is 6.07 Å². The third-order valence-corrected chi connectivity index (χ3v) is 4.90. The summed E-state index contributed by atoms with van der Waals surface area (Å²) >= 11 is 0. The van der Waals surface area contributed by atoms with Crippen LogP contribution < -0.4 is 10.2 Å². The highest BCUT2D eigenvalue weighted by Crippen LogP contribution is 2.18. The number of aromatic nitrogens is 2. The highest BCUT2D eigenvalue weighted by atomic mass is 16.1. The number of nitrogens with zero attached hydrogens (tertiary/aromatic N) is 3. The molecule has 26 heavy (non-hydrogen) atoms. The van der Waals surface area contributed by atoms with Crippen molar-refractivity contribution >= 4 is 11.9 Å². The molecule has 5 nitrogen and oxygen atoms in total. The minimum absolute atomic E-state index is 0.0839. The van der Waals surface area contributed by atoms with Crippen LogP contribution in [-0.4, -0.2) is 28.5 Å². The number of amides is 1. The number of carbonyl (C=O) groups is 1. The molecule has 1 aromatic heterocycles. The van der Waals surface area contributed by atoms with Crippen LogP contribution >= 0.6 is 0 Å². The number of hydrogen-bond donors (Lipinski definition) is 1. The Kier molecular flexibility index (Phi) is 6.21. The summed E-state index contributed by atoms with van der Waals surface area (Å²) in [4.78, 5) is 23.9. The summed E-state index contributed by atoms with van der Waals surface area (Å²) in [6.07, 6.45) is 5.79. The molecule has 0 atom stereocenters. The molecule has 0 spiro atoms. The molecule has 0 aliphatic heterocycles. The Bertz CT molecular complexity index is 726. The van der Waals surface area contributed by atoms with Gasteiger partial charge in [-0.1, -0.05) is 49.6 Å². The van der Waals surface area contributed by atoms with Crippen LogP contribution in [0, 0.1) is 6.92 Å². The maximum absolute atomic E-state index is 12.7. The van der Waals surface area contributed by atoms with Gasteiger partial charge in [-0.25, -0.2) is 9.97 Å². The van der Waals surface area contributed by atoms with Crippen LogP contribution in [0.1, 0.15) is 60.8 Å². The summed E-state index contributed by atoms with van der Waals surface area (Å²) in [7, 11) is 0. The van der Waals surface area contributed by atoms with Crippen LogP contribution in [0.25, 0.3) is 0 Å². The van der Waals surface area contributed by atoms with Gasteiger partial charge in [-0.2, -0.15) is 0 Å². The molecule has 1 fully saturated rings. The summed E-state index contributed by atoms with van der Waals surface area (Å²) in [5.41, 5.74) is 2.48. The van der Waals surface area contributed by atoms with E-state index in [1.165, 1.54) is 24.8 Å². The second-order valence-electron chi connectivity index (χ2n) is 7.00.